The number of para-hydroxylation sites is 2. The molecule has 0 radical (unpaired) electrons. The molecule has 5 rings (SSSR count). The summed E-state index contributed by atoms with van der Waals surface area (Å²) in [6, 6.07) is 18.6. The third-order valence-corrected chi connectivity index (χ3v) is 7.32. The fourth-order valence-electron chi connectivity index (χ4n) is 5.23. The number of aromatic nitrogens is 2. The van der Waals surface area contributed by atoms with Crippen molar-refractivity contribution in [2.24, 2.45) is 5.92 Å². The van der Waals surface area contributed by atoms with Crippen LogP contribution in [-0.4, -0.2) is 77.5 Å². The molecule has 1 unspecified atom stereocenters. The molecule has 3 aromatic rings. The van der Waals surface area contributed by atoms with Gasteiger partial charge in [-0.25, -0.2) is 0 Å². The Bertz CT molecular complexity index is 1340. The van der Waals surface area contributed by atoms with Crippen molar-refractivity contribution in [3.8, 4) is 11.4 Å². The predicted molar refractivity (Wildman–Crippen MR) is 148 cm³/mol. The topological polar surface area (TPSA) is 108 Å². The van der Waals surface area contributed by atoms with Crippen LogP contribution in [0, 0.1) is 5.92 Å². The Kier molecular flexibility index (Phi) is 8.10. The number of carbonyl (C=O) groups is 2. The van der Waals surface area contributed by atoms with Crippen molar-refractivity contribution in [3.63, 3.8) is 0 Å². The third kappa shape index (κ3) is 6.05. The number of hydrogen-bond donors (Lipinski definition) is 1. The van der Waals surface area contributed by atoms with E-state index in [9.17, 15) is 19.5 Å². The van der Waals surface area contributed by atoms with E-state index in [0.29, 0.717) is 75.7 Å². The van der Waals surface area contributed by atoms with Crippen molar-refractivity contribution >= 4 is 23.3 Å². The minimum absolute atomic E-state index is 0.0313. The second kappa shape index (κ2) is 12.0. The summed E-state index contributed by atoms with van der Waals surface area (Å²) in [5, 5.41) is 14.1. The minimum Gasteiger partial charge on any atom is -0.493 e. The highest BCUT2D eigenvalue weighted by Gasteiger charge is 2.31. The van der Waals surface area contributed by atoms with Crippen LogP contribution in [0.2, 0.25) is 0 Å². The summed E-state index contributed by atoms with van der Waals surface area (Å²) in [5.74, 6) is -0.606. The van der Waals surface area contributed by atoms with Gasteiger partial charge in [-0.15, -0.1) is 0 Å². The molecule has 0 spiro atoms. The number of carboxylic acids is 1. The number of piperazine rings is 1. The number of carboxylic acid groups (broad SMARTS) is 1. The molecule has 1 aromatic heterocycles. The van der Waals surface area contributed by atoms with Crippen molar-refractivity contribution in [2.75, 3.05) is 55.7 Å². The number of carbonyl (C=O) groups excluding carboxylic acids is 1. The van der Waals surface area contributed by atoms with Gasteiger partial charge in [0.25, 0.3) is 5.56 Å². The number of piperidine rings is 1. The molecular formula is C29H33N5O5. The van der Waals surface area contributed by atoms with E-state index in [0.717, 1.165) is 5.75 Å². The second-order valence-corrected chi connectivity index (χ2v) is 9.83. The first-order valence-electron chi connectivity index (χ1n) is 13.4. The van der Waals surface area contributed by atoms with Gasteiger partial charge in [0, 0.05) is 39.3 Å². The molecule has 2 fully saturated rings. The molecular weight excluding hydrogens is 498 g/mol. The van der Waals surface area contributed by atoms with Gasteiger partial charge in [-0.05, 0) is 37.1 Å². The molecule has 0 aliphatic carbocycles. The van der Waals surface area contributed by atoms with Gasteiger partial charge in [0.1, 0.15) is 11.4 Å². The predicted octanol–water partition coefficient (Wildman–Crippen LogP) is 2.65. The van der Waals surface area contributed by atoms with E-state index in [2.05, 4.69) is 10.00 Å². The lowest BCUT2D eigenvalue weighted by Gasteiger charge is -2.39. The molecule has 0 saturated carbocycles. The van der Waals surface area contributed by atoms with Gasteiger partial charge in [-0.1, -0.05) is 36.4 Å². The Morgan fingerprint density at radius 2 is 1.62 bits per heavy atom. The van der Waals surface area contributed by atoms with Crippen molar-refractivity contribution < 1.29 is 19.4 Å². The van der Waals surface area contributed by atoms with Gasteiger partial charge in [0.2, 0.25) is 5.91 Å². The maximum atomic E-state index is 13.8. The van der Waals surface area contributed by atoms with Crippen LogP contribution in [0.3, 0.4) is 0 Å². The smallest absolute Gasteiger partial charge is 0.308 e. The lowest BCUT2D eigenvalue weighted by Crippen LogP contribution is -2.50. The van der Waals surface area contributed by atoms with Gasteiger partial charge in [-0.3, -0.25) is 14.4 Å². The molecule has 2 saturated heterocycles. The second-order valence-electron chi connectivity index (χ2n) is 9.83. The van der Waals surface area contributed by atoms with Crippen molar-refractivity contribution in [2.45, 2.75) is 19.3 Å². The highest BCUT2D eigenvalue weighted by molar-refractivity contribution is 5.77. The molecule has 204 valence electrons. The van der Waals surface area contributed by atoms with Gasteiger partial charge in [-0.2, -0.15) is 9.78 Å². The molecule has 2 aromatic carbocycles. The molecule has 10 nitrogen and oxygen atoms in total. The maximum absolute atomic E-state index is 13.8. The Morgan fingerprint density at radius 3 is 2.31 bits per heavy atom. The van der Waals surface area contributed by atoms with E-state index in [1.54, 1.807) is 6.20 Å². The van der Waals surface area contributed by atoms with Gasteiger partial charge in [0.15, 0.2) is 0 Å². The van der Waals surface area contributed by atoms with Gasteiger partial charge >= 0.3 is 5.97 Å². The number of nitrogens with zero attached hydrogens (tertiary/aromatic N) is 5. The van der Waals surface area contributed by atoms with E-state index in [4.69, 9.17) is 4.74 Å². The molecule has 10 heteroatoms. The zero-order valence-electron chi connectivity index (χ0n) is 21.8. The number of anilines is 2. The van der Waals surface area contributed by atoms with E-state index < -0.39 is 11.9 Å². The monoisotopic (exact) mass is 531 g/mol. The number of benzene rings is 2. The maximum Gasteiger partial charge on any atom is 0.308 e. The van der Waals surface area contributed by atoms with Crippen LogP contribution in [-0.2, 0) is 9.59 Å². The van der Waals surface area contributed by atoms with Gasteiger partial charge in [0.05, 0.1) is 36.5 Å². The summed E-state index contributed by atoms with van der Waals surface area (Å²) >= 11 is 0. The molecule has 0 bridgehead atoms. The zero-order valence-corrected chi connectivity index (χ0v) is 21.8. The van der Waals surface area contributed by atoms with E-state index >= 15 is 0 Å². The Hall–Kier alpha value is -4.34. The number of ether oxygens (including phenoxy) is 1. The summed E-state index contributed by atoms with van der Waals surface area (Å²) < 4.78 is 7.05. The fourth-order valence-corrected chi connectivity index (χ4v) is 5.23. The number of amides is 1. The highest BCUT2D eigenvalue weighted by atomic mass is 16.5. The quantitative estimate of drug-likeness (QED) is 0.473. The molecule has 3 heterocycles. The third-order valence-electron chi connectivity index (χ3n) is 7.32. The number of hydrogen-bond acceptors (Lipinski definition) is 7. The van der Waals surface area contributed by atoms with Crippen molar-refractivity contribution in [1.82, 2.24) is 14.7 Å². The van der Waals surface area contributed by atoms with Crippen LogP contribution in [0.25, 0.3) is 5.69 Å². The van der Waals surface area contributed by atoms with Crippen LogP contribution < -0.4 is 20.1 Å². The zero-order chi connectivity index (χ0) is 27.2. The minimum atomic E-state index is -0.845. The number of rotatable bonds is 8. The highest BCUT2D eigenvalue weighted by Crippen LogP contribution is 2.30. The lowest BCUT2D eigenvalue weighted by atomic mass is 9.98. The lowest BCUT2D eigenvalue weighted by molar-refractivity contribution is -0.142. The molecule has 1 atom stereocenters. The number of aliphatic carboxylic acids is 1. The van der Waals surface area contributed by atoms with Gasteiger partial charge < -0.3 is 24.5 Å². The van der Waals surface area contributed by atoms with E-state index in [1.165, 1.54) is 4.68 Å². The summed E-state index contributed by atoms with van der Waals surface area (Å²) in [5.41, 5.74) is 1.52. The van der Waals surface area contributed by atoms with Crippen LogP contribution in [0.1, 0.15) is 19.3 Å². The van der Waals surface area contributed by atoms with E-state index in [1.807, 2.05) is 70.5 Å². The SMILES string of the molecule is O=C(O)C1CCCN(c2c(N3CCN(C(=O)CCOc4ccccc4)CC3)cnn(-c3ccccc3)c2=O)C1. The Labute approximate surface area is 227 Å². The molecule has 1 N–H and O–H groups in total. The Balaban J connectivity index is 1.32. The van der Waals surface area contributed by atoms with Crippen LogP contribution >= 0.6 is 0 Å². The standard InChI is InChI=1S/C29H33N5O5/c35-26(13-19-39-24-11-5-2-6-12-24)32-17-15-31(16-18-32)25-20-30-34(23-9-3-1-4-10-23)28(36)27(25)33-14-7-8-22(21-33)29(37)38/h1-6,9-12,20,22H,7-8,13-19,21H2,(H,37,38). The van der Waals surface area contributed by atoms with Crippen molar-refractivity contribution in [3.05, 3.63) is 77.2 Å². The largest absolute Gasteiger partial charge is 0.493 e. The Morgan fingerprint density at radius 1 is 0.923 bits per heavy atom. The fraction of sp³-hybridized carbons (Fsp3) is 0.379. The van der Waals surface area contributed by atoms with Crippen LogP contribution in [0.15, 0.2) is 71.7 Å². The molecule has 39 heavy (non-hydrogen) atoms. The molecule has 2 aliphatic heterocycles. The molecule has 1 amide bonds. The summed E-state index contributed by atoms with van der Waals surface area (Å²) in [6.07, 6.45) is 3.27. The average molecular weight is 532 g/mol. The van der Waals surface area contributed by atoms with Crippen molar-refractivity contribution in [1.29, 1.82) is 0 Å². The average Bonchev–Trinajstić information content (AvgIpc) is 2.98. The summed E-state index contributed by atoms with van der Waals surface area (Å²) in [7, 11) is 0. The van der Waals surface area contributed by atoms with Crippen LogP contribution in [0.4, 0.5) is 11.4 Å². The first-order chi connectivity index (χ1) is 19.0. The first kappa shape index (κ1) is 26.3. The normalized spacial score (nSPS) is 17.6. The van der Waals surface area contributed by atoms with E-state index in [-0.39, 0.29) is 18.0 Å². The summed E-state index contributed by atoms with van der Waals surface area (Å²) in [4.78, 5) is 44.2. The van der Waals surface area contributed by atoms with Crippen LogP contribution in [0.5, 0.6) is 5.75 Å². The first-order valence-corrected chi connectivity index (χ1v) is 13.4. The molecule has 2 aliphatic rings. The summed E-state index contributed by atoms with van der Waals surface area (Å²) in [6.45, 7) is 3.32.